The molecule has 0 aromatic heterocycles. The Morgan fingerprint density at radius 1 is 1.64 bits per heavy atom. The first-order valence-corrected chi connectivity index (χ1v) is 4.11. The highest BCUT2D eigenvalue weighted by Crippen LogP contribution is 2.17. The first-order chi connectivity index (χ1) is 6.50. The van der Waals surface area contributed by atoms with E-state index in [1.807, 2.05) is 0 Å². The van der Waals surface area contributed by atoms with Crippen molar-refractivity contribution in [1.29, 1.82) is 0 Å². The first kappa shape index (κ1) is 10.4. The molecular formula is C9H10FNO3. The van der Waals surface area contributed by atoms with Crippen LogP contribution in [0, 0.1) is 15.9 Å². The maximum absolute atomic E-state index is 12.8. The van der Waals surface area contributed by atoms with Crippen molar-refractivity contribution in [2.75, 3.05) is 0 Å². The zero-order valence-corrected chi connectivity index (χ0v) is 7.61. The Morgan fingerprint density at radius 3 is 2.79 bits per heavy atom. The SMILES string of the molecule is CC(Cc1ccc(O)c(F)c1)[N+](=O)[O-]. The molecule has 4 nitrogen and oxygen atoms in total. The summed E-state index contributed by atoms with van der Waals surface area (Å²) in [5.41, 5.74) is 0.504. The molecule has 0 heterocycles. The van der Waals surface area contributed by atoms with Gasteiger partial charge in [-0.15, -0.1) is 0 Å². The lowest BCUT2D eigenvalue weighted by Gasteiger charge is -2.04. The molecule has 5 heteroatoms. The minimum atomic E-state index is -0.752. The summed E-state index contributed by atoms with van der Waals surface area (Å²) in [6, 6.07) is 3.02. The summed E-state index contributed by atoms with van der Waals surface area (Å²) in [5.74, 6) is -1.19. The van der Waals surface area contributed by atoms with Gasteiger partial charge >= 0.3 is 0 Å². The quantitative estimate of drug-likeness (QED) is 0.595. The number of phenols is 1. The van der Waals surface area contributed by atoms with Crippen LogP contribution in [0.1, 0.15) is 12.5 Å². The van der Waals surface area contributed by atoms with Gasteiger partial charge in [0, 0.05) is 18.3 Å². The number of aromatic hydroxyl groups is 1. The van der Waals surface area contributed by atoms with Crippen molar-refractivity contribution in [3.05, 3.63) is 39.7 Å². The van der Waals surface area contributed by atoms with Crippen LogP contribution in [0.15, 0.2) is 18.2 Å². The van der Waals surface area contributed by atoms with Gasteiger partial charge in [0.25, 0.3) is 0 Å². The van der Waals surface area contributed by atoms with Gasteiger partial charge in [-0.1, -0.05) is 6.07 Å². The van der Waals surface area contributed by atoms with Crippen molar-refractivity contribution >= 4 is 0 Å². The summed E-state index contributed by atoms with van der Waals surface area (Å²) in [6.45, 7) is 1.45. The molecule has 1 atom stereocenters. The maximum atomic E-state index is 12.8. The molecule has 0 bridgehead atoms. The molecule has 1 rings (SSSR count). The van der Waals surface area contributed by atoms with Crippen molar-refractivity contribution in [3.8, 4) is 5.75 Å². The van der Waals surface area contributed by atoms with Crippen LogP contribution in [0.5, 0.6) is 5.75 Å². The number of hydrogen-bond donors (Lipinski definition) is 1. The molecule has 76 valence electrons. The molecule has 0 amide bonds. The zero-order valence-electron chi connectivity index (χ0n) is 7.61. The minimum absolute atomic E-state index is 0.157. The van der Waals surface area contributed by atoms with Crippen LogP contribution in [0.25, 0.3) is 0 Å². The third-order valence-electron chi connectivity index (χ3n) is 1.90. The van der Waals surface area contributed by atoms with E-state index in [-0.39, 0.29) is 6.42 Å². The number of hydrogen-bond acceptors (Lipinski definition) is 3. The topological polar surface area (TPSA) is 63.4 Å². The van der Waals surface area contributed by atoms with Gasteiger partial charge in [0.05, 0.1) is 0 Å². The third kappa shape index (κ3) is 2.42. The fourth-order valence-electron chi connectivity index (χ4n) is 1.09. The van der Waals surface area contributed by atoms with Gasteiger partial charge in [0.15, 0.2) is 11.6 Å². The second kappa shape index (κ2) is 4.04. The number of rotatable bonds is 3. The molecule has 0 spiro atoms. The van der Waals surface area contributed by atoms with Gasteiger partial charge in [-0.2, -0.15) is 0 Å². The second-order valence-corrected chi connectivity index (χ2v) is 3.12. The van der Waals surface area contributed by atoms with E-state index < -0.39 is 22.5 Å². The lowest BCUT2D eigenvalue weighted by atomic mass is 10.1. The van der Waals surface area contributed by atoms with Crippen LogP contribution in [-0.2, 0) is 6.42 Å². The lowest BCUT2D eigenvalue weighted by Crippen LogP contribution is -2.17. The summed E-state index contributed by atoms with van der Waals surface area (Å²) in [6.07, 6.45) is 0.157. The smallest absolute Gasteiger partial charge is 0.214 e. The van der Waals surface area contributed by atoms with Crippen LogP contribution >= 0.6 is 0 Å². The lowest BCUT2D eigenvalue weighted by molar-refractivity contribution is -0.517. The van der Waals surface area contributed by atoms with Crippen LogP contribution in [0.4, 0.5) is 4.39 Å². The highest BCUT2D eigenvalue weighted by atomic mass is 19.1. The Balaban J connectivity index is 2.78. The van der Waals surface area contributed by atoms with Gasteiger partial charge in [0.1, 0.15) is 0 Å². The summed E-state index contributed by atoms with van der Waals surface area (Å²) in [5, 5.41) is 19.2. The highest BCUT2D eigenvalue weighted by Gasteiger charge is 2.14. The van der Waals surface area contributed by atoms with E-state index in [0.29, 0.717) is 5.56 Å². The second-order valence-electron chi connectivity index (χ2n) is 3.12. The summed E-state index contributed by atoms with van der Waals surface area (Å²) in [4.78, 5) is 9.89. The Hall–Kier alpha value is -1.65. The number of nitro groups is 1. The monoisotopic (exact) mass is 199 g/mol. The van der Waals surface area contributed by atoms with Crippen LogP contribution in [0.3, 0.4) is 0 Å². The van der Waals surface area contributed by atoms with Crippen LogP contribution < -0.4 is 0 Å². The van der Waals surface area contributed by atoms with Gasteiger partial charge < -0.3 is 5.11 Å². The summed E-state index contributed by atoms with van der Waals surface area (Å²) in [7, 11) is 0. The van der Waals surface area contributed by atoms with Gasteiger partial charge in [-0.05, 0) is 17.7 Å². The van der Waals surface area contributed by atoms with E-state index in [1.165, 1.54) is 19.1 Å². The normalized spacial score (nSPS) is 12.4. The van der Waals surface area contributed by atoms with Crippen LogP contribution in [-0.4, -0.2) is 16.1 Å². The summed E-state index contributed by atoms with van der Waals surface area (Å²) < 4.78 is 12.8. The number of benzene rings is 1. The Bertz CT molecular complexity index is 354. The molecule has 0 aliphatic rings. The molecule has 0 saturated carbocycles. The predicted octanol–water partition coefficient (Wildman–Crippen LogP) is 1.74. The third-order valence-corrected chi connectivity index (χ3v) is 1.90. The molecule has 0 saturated heterocycles. The van der Waals surface area contributed by atoms with E-state index in [4.69, 9.17) is 5.11 Å². The standard InChI is InChI=1S/C9H10FNO3/c1-6(11(13)14)4-7-2-3-9(12)8(10)5-7/h2-3,5-6,12H,4H2,1H3. The zero-order chi connectivity index (χ0) is 10.7. The molecular weight excluding hydrogens is 189 g/mol. The van der Waals surface area contributed by atoms with Gasteiger partial charge in [0.2, 0.25) is 6.04 Å². The minimum Gasteiger partial charge on any atom is -0.505 e. The van der Waals surface area contributed by atoms with Crippen LogP contribution in [0.2, 0.25) is 0 Å². The van der Waals surface area contributed by atoms with E-state index in [2.05, 4.69) is 0 Å². The van der Waals surface area contributed by atoms with E-state index >= 15 is 0 Å². The number of halogens is 1. The van der Waals surface area contributed by atoms with Crippen molar-refractivity contribution in [3.63, 3.8) is 0 Å². The number of nitrogens with zero attached hydrogens (tertiary/aromatic N) is 1. The molecule has 14 heavy (non-hydrogen) atoms. The molecule has 0 aliphatic heterocycles. The fourth-order valence-corrected chi connectivity index (χ4v) is 1.09. The average Bonchev–Trinajstić information content (AvgIpc) is 2.11. The van der Waals surface area contributed by atoms with Crippen molar-refractivity contribution in [2.45, 2.75) is 19.4 Å². The molecule has 0 aliphatic carbocycles. The molecule has 1 aromatic carbocycles. The van der Waals surface area contributed by atoms with E-state index in [0.717, 1.165) is 6.07 Å². The largest absolute Gasteiger partial charge is 0.505 e. The molecule has 1 N–H and O–H groups in total. The Labute approximate surface area is 80.1 Å². The van der Waals surface area contributed by atoms with Gasteiger partial charge in [-0.25, -0.2) is 4.39 Å². The van der Waals surface area contributed by atoms with E-state index in [9.17, 15) is 14.5 Å². The molecule has 1 unspecified atom stereocenters. The summed E-state index contributed by atoms with van der Waals surface area (Å²) >= 11 is 0. The van der Waals surface area contributed by atoms with Crippen molar-refractivity contribution < 1.29 is 14.4 Å². The predicted molar refractivity (Wildman–Crippen MR) is 48.2 cm³/mol. The van der Waals surface area contributed by atoms with Crippen molar-refractivity contribution in [1.82, 2.24) is 0 Å². The van der Waals surface area contributed by atoms with Gasteiger partial charge in [-0.3, -0.25) is 10.1 Å². The Kier molecular flexibility index (Phi) is 3.01. The molecule has 1 aromatic rings. The van der Waals surface area contributed by atoms with E-state index in [1.54, 1.807) is 0 Å². The first-order valence-electron chi connectivity index (χ1n) is 4.11. The highest BCUT2D eigenvalue weighted by molar-refractivity contribution is 5.28. The number of phenolic OH excluding ortho intramolecular Hbond substituents is 1. The Morgan fingerprint density at radius 2 is 2.29 bits per heavy atom. The molecule has 0 fully saturated rings. The average molecular weight is 199 g/mol. The maximum Gasteiger partial charge on any atom is 0.214 e. The van der Waals surface area contributed by atoms with Crippen molar-refractivity contribution in [2.24, 2.45) is 0 Å². The molecule has 0 radical (unpaired) electrons. The fraction of sp³-hybridized carbons (Fsp3) is 0.333.